The van der Waals surface area contributed by atoms with E-state index in [-0.39, 0.29) is 18.2 Å². The fraction of sp³-hybridized carbons (Fsp3) is 0.250. The summed E-state index contributed by atoms with van der Waals surface area (Å²) in [5.74, 6) is 0.231. The molecule has 2 nitrogen and oxygen atoms in total. The van der Waals surface area contributed by atoms with Gasteiger partial charge in [0.05, 0.1) is 0 Å². The summed E-state index contributed by atoms with van der Waals surface area (Å²) in [4.78, 5) is 0. The SMILES string of the molecule is Cl.NCCOc1cccc(F)c1. The number of hydrogen-bond acceptors (Lipinski definition) is 2. The average Bonchev–Trinajstić information content (AvgIpc) is 2.01. The fourth-order valence-electron chi connectivity index (χ4n) is 0.734. The lowest BCUT2D eigenvalue weighted by molar-refractivity contribution is 0.326. The van der Waals surface area contributed by atoms with Crippen molar-refractivity contribution in [2.45, 2.75) is 0 Å². The highest BCUT2D eigenvalue weighted by atomic mass is 35.5. The third kappa shape index (κ3) is 3.55. The van der Waals surface area contributed by atoms with E-state index in [0.29, 0.717) is 18.9 Å². The van der Waals surface area contributed by atoms with Crippen molar-refractivity contribution in [2.24, 2.45) is 5.73 Å². The van der Waals surface area contributed by atoms with Gasteiger partial charge in [0.25, 0.3) is 0 Å². The van der Waals surface area contributed by atoms with Crippen molar-refractivity contribution in [3.63, 3.8) is 0 Å². The molecule has 12 heavy (non-hydrogen) atoms. The minimum absolute atomic E-state index is 0. The molecule has 4 heteroatoms. The van der Waals surface area contributed by atoms with Crippen molar-refractivity contribution in [2.75, 3.05) is 13.2 Å². The summed E-state index contributed by atoms with van der Waals surface area (Å²) < 4.78 is 17.6. The molecule has 0 spiro atoms. The maximum atomic E-state index is 12.5. The summed E-state index contributed by atoms with van der Waals surface area (Å²) in [7, 11) is 0. The summed E-state index contributed by atoms with van der Waals surface area (Å²) >= 11 is 0. The van der Waals surface area contributed by atoms with Gasteiger partial charge in [-0.05, 0) is 12.1 Å². The maximum absolute atomic E-state index is 12.5. The number of benzene rings is 1. The molecule has 0 radical (unpaired) electrons. The molecule has 0 aliphatic rings. The van der Waals surface area contributed by atoms with E-state index in [1.807, 2.05) is 0 Å². The summed E-state index contributed by atoms with van der Waals surface area (Å²) in [6, 6.07) is 5.99. The lowest BCUT2D eigenvalue weighted by Gasteiger charge is -2.02. The van der Waals surface area contributed by atoms with Crippen LogP contribution in [0, 0.1) is 5.82 Å². The third-order valence-corrected chi connectivity index (χ3v) is 1.18. The van der Waals surface area contributed by atoms with Gasteiger partial charge >= 0.3 is 0 Å². The Bertz CT molecular complexity index is 232. The van der Waals surface area contributed by atoms with E-state index in [1.54, 1.807) is 12.1 Å². The van der Waals surface area contributed by atoms with Crippen molar-refractivity contribution in [1.82, 2.24) is 0 Å². The van der Waals surface area contributed by atoms with Gasteiger partial charge in [0, 0.05) is 12.6 Å². The molecule has 0 fully saturated rings. The van der Waals surface area contributed by atoms with Crippen LogP contribution in [0.2, 0.25) is 0 Å². The van der Waals surface area contributed by atoms with E-state index in [4.69, 9.17) is 10.5 Å². The lowest BCUT2D eigenvalue weighted by Crippen LogP contribution is -2.10. The molecule has 0 amide bonds. The minimum Gasteiger partial charge on any atom is -0.492 e. The van der Waals surface area contributed by atoms with E-state index in [0.717, 1.165) is 0 Å². The van der Waals surface area contributed by atoms with Gasteiger partial charge in [-0.15, -0.1) is 12.4 Å². The molecule has 0 aromatic heterocycles. The molecule has 68 valence electrons. The van der Waals surface area contributed by atoms with Gasteiger partial charge in [0.2, 0.25) is 0 Å². The highest BCUT2D eigenvalue weighted by Gasteiger charge is 1.93. The Kier molecular flexibility index (Phi) is 5.41. The first-order chi connectivity index (χ1) is 5.33. The van der Waals surface area contributed by atoms with Gasteiger partial charge in [-0.25, -0.2) is 4.39 Å². The molecule has 0 heterocycles. The van der Waals surface area contributed by atoms with Crippen LogP contribution in [0.15, 0.2) is 24.3 Å². The molecular weight excluding hydrogens is 181 g/mol. The first-order valence-corrected chi connectivity index (χ1v) is 3.41. The van der Waals surface area contributed by atoms with Crippen LogP contribution in [0.1, 0.15) is 0 Å². The first kappa shape index (κ1) is 11.2. The van der Waals surface area contributed by atoms with E-state index in [1.165, 1.54) is 12.1 Å². The molecule has 2 N–H and O–H groups in total. The number of rotatable bonds is 3. The predicted octanol–water partition coefficient (Wildman–Crippen LogP) is 1.59. The fourth-order valence-corrected chi connectivity index (χ4v) is 0.734. The highest BCUT2D eigenvalue weighted by Crippen LogP contribution is 2.10. The van der Waals surface area contributed by atoms with Crippen molar-refractivity contribution < 1.29 is 9.13 Å². The van der Waals surface area contributed by atoms with E-state index < -0.39 is 0 Å². The second-order valence-corrected chi connectivity index (χ2v) is 2.09. The van der Waals surface area contributed by atoms with E-state index in [9.17, 15) is 4.39 Å². The van der Waals surface area contributed by atoms with Gasteiger partial charge in [-0.3, -0.25) is 0 Å². The van der Waals surface area contributed by atoms with Gasteiger partial charge in [0.15, 0.2) is 0 Å². The Balaban J connectivity index is 0.00000121. The number of halogens is 2. The van der Waals surface area contributed by atoms with Crippen LogP contribution in [0.25, 0.3) is 0 Å². The molecular formula is C8H11ClFNO. The summed E-state index contributed by atoms with van der Waals surface area (Å²) in [5.41, 5.74) is 5.20. The molecule has 0 saturated carbocycles. The van der Waals surface area contributed by atoms with E-state index >= 15 is 0 Å². The van der Waals surface area contributed by atoms with Gasteiger partial charge in [-0.1, -0.05) is 6.07 Å². The predicted molar refractivity (Wildman–Crippen MR) is 48.2 cm³/mol. The molecule has 0 saturated heterocycles. The summed E-state index contributed by atoms with van der Waals surface area (Å²) in [5, 5.41) is 0. The van der Waals surface area contributed by atoms with Gasteiger partial charge < -0.3 is 10.5 Å². The molecule has 0 aliphatic carbocycles. The molecule has 1 aromatic rings. The average molecular weight is 192 g/mol. The minimum atomic E-state index is -0.292. The number of nitrogens with two attached hydrogens (primary N) is 1. The maximum Gasteiger partial charge on any atom is 0.126 e. The van der Waals surface area contributed by atoms with Crippen LogP contribution in [-0.2, 0) is 0 Å². The van der Waals surface area contributed by atoms with Gasteiger partial charge in [0.1, 0.15) is 18.2 Å². The Labute approximate surface area is 76.9 Å². The molecule has 0 atom stereocenters. The third-order valence-electron chi connectivity index (χ3n) is 1.18. The zero-order chi connectivity index (χ0) is 8.10. The Morgan fingerprint density at radius 3 is 2.75 bits per heavy atom. The van der Waals surface area contributed by atoms with Crippen molar-refractivity contribution in [3.8, 4) is 5.75 Å². The largest absolute Gasteiger partial charge is 0.492 e. The number of ether oxygens (including phenoxy) is 1. The molecule has 0 unspecified atom stereocenters. The number of hydrogen-bond donors (Lipinski definition) is 1. The monoisotopic (exact) mass is 191 g/mol. The zero-order valence-electron chi connectivity index (χ0n) is 6.50. The zero-order valence-corrected chi connectivity index (χ0v) is 7.31. The summed E-state index contributed by atoms with van der Waals surface area (Å²) in [6.45, 7) is 0.861. The van der Waals surface area contributed by atoms with Crippen LogP contribution in [0.3, 0.4) is 0 Å². The van der Waals surface area contributed by atoms with Gasteiger partial charge in [-0.2, -0.15) is 0 Å². The summed E-state index contributed by atoms with van der Waals surface area (Å²) in [6.07, 6.45) is 0. The van der Waals surface area contributed by atoms with Crippen molar-refractivity contribution >= 4 is 12.4 Å². The highest BCUT2D eigenvalue weighted by molar-refractivity contribution is 5.85. The van der Waals surface area contributed by atoms with Crippen LogP contribution >= 0.6 is 12.4 Å². The lowest BCUT2D eigenvalue weighted by atomic mass is 10.3. The molecule has 1 aromatic carbocycles. The first-order valence-electron chi connectivity index (χ1n) is 3.41. The molecule has 0 aliphatic heterocycles. The molecule has 0 bridgehead atoms. The molecule has 1 rings (SSSR count). The second-order valence-electron chi connectivity index (χ2n) is 2.09. The van der Waals surface area contributed by atoms with Crippen LogP contribution in [-0.4, -0.2) is 13.2 Å². The quantitative estimate of drug-likeness (QED) is 0.788. The smallest absolute Gasteiger partial charge is 0.126 e. The van der Waals surface area contributed by atoms with Crippen molar-refractivity contribution in [3.05, 3.63) is 30.1 Å². The standard InChI is InChI=1S/C8H10FNO.ClH/c9-7-2-1-3-8(6-7)11-5-4-10;/h1-3,6H,4-5,10H2;1H. The van der Waals surface area contributed by atoms with Crippen molar-refractivity contribution in [1.29, 1.82) is 0 Å². The second kappa shape index (κ2) is 5.80. The van der Waals surface area contributed by atoms with Crippen LogP contribution in [0.5, 0.6) is 5.75 Å². The normalized spacial score (nSPS) is 8.83. The Hall–Kier alpha value is -0.800. The van der Waals surface area contributed by atoms with Crippen LogP contribution in [0.4, 0.5) is 4.39 Å². The van der Waals surface area contributed by atoms with E-state index in [2.05, 4.69) is 0 Å². The Morgan fingerprint density at radius 1 is 1.42 bits per heavy atom. The topological polar surface area (TPSA) is 35.2 Å². The Morgan fingerprint density at radius 2 is 2.17 bits per heavy atom. The van der Waals surface area contributed by atoms with Crippen LogP contribution < -0.4 is 10.5 Å².